The zero-order chi connectivity index (χ0) is 14.7. The fraction of sp³-hybridized carbons (Fsp3) is 0.188. The summed E-state index contributed by atoms with van der Waals surface area (Å²) in [6.45, 7) is 0.494. The molecule has 21 heavy (non-hydrogen) atoms. The van der Waals surface area contributed by atoms with Crippen molar-refractivity contribution in [3.8, 4) is 6.07 Å². The van der Waals surface area contributed by atoms with Crippen LogP contribution in [0.5, 0.6) is 0 Å². The number of hydrogen-bond acceptors (Lipinski definition) is 4. The van der Waals surface area contributed by atoms with Gasteiger partial charge in [0.2, 0.25) is 5.91 Å². The molecule has 1 aliphatic rings. The SMILES string of the molecule is N#Cc1cccc(C2SCC(=O)N2Cc2ccccn2)c1. The monoisotopic (exact) mass is 295 g/mol. The molecule has 3 rings (SSSR count). The van der Waals surface area contributed by atoms with Crippen LogP contribution in [0.25, 0.3) is 0 Å². The molecule has 1 saturated heterocycles. The van der Waals surface area contributed by atoms with Crippen LogP contribution in [0.2, 0.25) is 0 Å². The topological polar surface area (TPSA) is 57.0 Å². The van der Waals surface area contributed by atoms with Crippen molar-refractivity contribution in [2.75, 3.05) is 5.75 Å². The lowest BCUT2D eigenvalue weighted by atomic mass is 10.1. The number of pyridine rings is 1. The molecule has 1 amide bonds. The Balaban J connectivity index is 1.87. The highest BCUT2D eigenvalue weighted by Gasteiger charge is 2.33. The molecule has 0 aliphatic carbocycles. The van der Waals surface area contributed by atoms with Gasteiger partial charge in [0.15, 0.2) is 0 Å². The van der Waals surface area contributed by atoms with Crippen molar-refractivity contribution < 1.29 is 4.79 Å². The molecule has 5 heteroatoms. The van der Waals surface area contributed by atoms with Crippen molar-refractivity contribution >= 4 is 17.7 Å². The number of amides is 1. The van der Waals surface area contributed by atoms with E-state index in [-0.39, 0.29) is 11.3 Å². The van der Waals surface area contributed by atoms with Gasteiger partial charge in [0, 0.05) is 6.20 Å². The lowest BCUT2D eigenvalue weighted by Gasteiger charge is -2.24. The molecule has 1 unspecified atom stereocenters. The van der Waals surface area contributed by atoms with Gasteiger partial charge in [-0.05, 0) is 29.8 Å². The molecule has 0 spiro atoms. The fourth-order valence-corrected chi connectivity index (χ4v) is 3.51. The van der Waals surface area contributed by atoms with E-state index in [9.17, 15) is 4.79 Å². The number of benzene rings is 1. The van der Waals surface area contributed by atoms with Crippen LogP contribution in [0.15, 0.2) is 48.7 Å². The van der Waals surface area contributed by atoms with E-state index < -0.39 is 0 Å². The van der Waals surface area contributed by atoms with Crippen LogP contribution in [-0.2, 0) is 11.3 Å². The number of carbonyl (C=O) groups is 1. The van der Waals surface area contributed by atoms with E-state index in [0.29, 0.717) is 17.9 Å². The average Bonchev–Trinajstić information content (AvgIpc) is 2.89. The summed E-state index contributed by atoms with van der Waals surface area (Å²) in [6, 6.07) is 15.3. The minimum Gasteiger partial charge on any atom is -0.320 e. The summed E-state index contributed by atoms with van der Waals surface area (Å²) < 4.78 is 0. The van der Waals surface area contributed by atoms with Crippen LogP contribution < -0.4 is 0 Å². The van der Waals surface area contributed by atoms with Crippen LogP contribution in [0.1, 0.15) is 22.2 Å². The van der Waals surface area contributed by atoms with Gasteiger partial charge in [-0.1, -0.05) is 18.2 Å². The Hall–Kier alpha value is -2.32. The van der Waals surface area contributed by atoms with Gasteiger partial charge in [0.05, 0.1) is 29.6 Å². The second-order valence-corrected chi connectivity index (χ2v) is 5.81. The maximum absolute atomic E-state index is 12.1. The molecule has 1 atom stereocenters. The van der Waals surface area contributed by atoms with Crippen molar-refractivity contribution in [1.29, 1.82) is 5.26 Å². The van der Waals surface area contributed by atoms with E-state index in [2.05, 4.69) is 11.1 Å². The maximum atomic E-state index is 12.1. The van der Waals surface area contributed by atoms with Crippen LogP contribution >= 0.6 is 11.8 Å². The minimum absolute atomic E-state index is 0.0483. The quantitative estimate of drug-likeness (QED) is 0.873. The molecule has 104 valence electrons. The summed E-state index contributed by atoms with van der Waals surface area (Å²) in [7, 11) is 0. The highest BCUT2D eigenvalue weighted by Crippen LogP contribution is 2.39. The molecular weight excluding hydrogens is 282 g/mol. The van der Waals surface area contributed by atoms with Crippen LogP contribution in [0.4, 0.5) is 0 Å². The first-order valence-corrected chi connectivity index (χ1v) is 7.64. The predicted molar refractivity (Wildman–Crippen MR) is 81.1 cm³/mol. The van der Waals surface area contributed by atoms with E-state index in [1.165, 1.54) is 0 Å². The second kappa shape index (κ2) is 5.98. The Morgan fingerprint density at radius 3 is 3.00 bits per heavy atom. The second-order valence-electron chi connectivity index (χ2n) is 4.74. The Kier molecular flexibility index (Phi) is 3.89. The van der Waals surface area contributed by atoms with Crippen LogP contribution in [0, 0.1) is 11.3 Å². The van der Waals surface area contributed by atoms with Crippen LogP contribution in [0.3, 0.4) is 0 Å². The van der Waals surface area contributed by atoms with E-state index in [0.717, 1.165) is 11.3 Å². The summed E-state index contributed by atoms with van der Waals surface area (Å²) >= 11 is 1.59. The van der Waals surface area contributed by atoms with Gasteiger partial charge in [-0.25, -0.2) is 0 Å². The molecular formula is C16H13N3OS. The molecule has 4 nitrogen and oxygen atoms in total. The van der Waals surface area contributed by atoms with Crippen molar-refractivity contribution in [3.63, 3.8) is 0 Å². The lowest BCUT2D eigenvalue weighted by Crippen LogP contribution is -2.28. The van der Waals surface area contributed by atoms with E-state index in [1.807, 2.05) is 41.3 Å². The molecule has 1 fully saturated rings. The zero-order valence-electron chi connectivity index (χ0n) is 11.3. The molecule has 2 heterocycles. The normalized spacial score (nSPS) is 17.8. The molecule has 1 aromatic carbocycles. The number of rotatable bonds is 3. The smallest absolute Gasteiger partial charge is 0.234 e. The van der Waals surface area contributed by atoms with Gasteiger partial charge in [-0.3, -0.25) is 9.78 Å². The first-order chi connectivity index (χ1) is 10.3. The van der Waals surface area contributed by atoms with E-state index in [4.69, 9.17) is 5.26 Å². The first kappa shape index (κ1) is 13.7. The fourth-order valence-electron chi connectivity index (χ4n) is 2.33. The molecule has 0 N–H and O–H groups in total. The van der Waals surface area contributed by atoms with Gasteiger partial charge in [0.25, 0.3) is 0 Å². The lowest BCUT2D eigenvalue weighted by molar-refractivity contribution is -0.128. The number of carbonyl (C=O) groups excluding carboxylic acids is 1. The summed E-state index contributed by atoms with van der Waals surface area (Å²) in [5, 5.41) is 8.96. The van der Waals surface area contributed by atoms with Crippen molar-refractivity contribution in [2.45, 2.75) is 11.9 Å². The highest BCUT2D eigenvalue weighted by molar-refractivity contribution is 8.00. The number of nitrogens with zero attached hydrogens (tertiary/aromatic N) is 3. The van der Waals surface area contributed by atoms with Crippen molar-refractivity contribution in [2.24, 2.45) is 0 Å². The predicted octanol–water partition coefficient (Wildman–Crippen LogP) is 2.73. The summed E-state index contributed by atoms with van der Waals surface area (Å²) in [5.41, 5.74) is 2.47. The minimum atomic E-state index is -0.0483. The van der Waals surface area contributed by atoms with Crippen molar-refractivity contribution in [3.05, 3.63) is 65.5 Å². The Morgan fingerprint density at radius 1 is 1.33 bits per heavy atom. The average molecular weight is 295 g/mol. The summed E-state index contributed by atoms with van der Waals surface area (Å²) in [6.07, 6.45) is 1.73. The molecule has 0 bridgehead atoms. The third-order valence-corrected chi connectivity index (χ3v) is 4.58. The van der Waals surface area contributed by atoms with Crippen molar-refractivity contribution in [1.82, 2.24) is 9.88 Å². The number of hydrogen-bond donors (Lipinski definition) is 0. The third kappa shape index (κ3) is 2.91. The van der Waals surface area contributed by atoms with Gasteiger partial charge in [0.1, 0.15) is 5.37 Å². The molecule has 0 saturated carbocycles. The third-order valence-electron chi connectivity index (χ3n) is 3.33. The Morgan fingerprint density at radius 2 is 2.24 bits per heavy atom. The number of aromatic nitrogens is 1. The summed E-state index contributed by atoms with van der Waals surface area (Å²) in [4.78, 5) is 18.2. The molecule has 0 radical (unpaired) electrons. The zero-order valence-corrected chi connectivity index (χ0v) is 12.1. The molecule has 1 aromatic heterocycles. The summed E-state index contributed by atoms with van der Waals surface area (Å²) in [5.74, 6) is 0.576. The Bertz CT molecular complexity index is 696. The molecule has 1 aliphatic heterocycles. The van der Waals surface area contributed by atoms with E-state index >= 15 is 0 Å². The molecule has 2 aromatic rings. The number of thioether (sulfide) groups is 1. The van der Waals surface area contributed by atoms with Gasteiger partial charge in [-0.15, -0.1) is 11.8 Å². The highest BCUT2D eigenvalue weighted by atomic mass is 32.2. The van der Waals surface area contributed by atoms with E-state index in [1.54, 1.807) is 24.0 Å². The maximum Gasteiger partial charge on any atom is 0.234 e. The standard InChI is InChI=1S/C16H13N3OS/c17-9-12-4-3-5-13(8-12)16-19(15(20)11-21-16)10-14-6-1-2-7-18-14/h1-8,16H,10-11H2. The van der Waals surface area contributed by atoms with Crippen LogP contribution in [-0.4, -0.2) is 21.5 Å². The first-order valence-electron chi connectivity index (χ1n) is 6.59. The Labute approximate surface area is 127 Å². The van der Waals surface area contributed by atoms with Gasteiger partial charge in [-0.2, -0.15) is 5.26 Å². The largest absolute Gasteiger partial charge is 0.320 e. The van der Waals surface area contributed by atoms with Gasteiger partial charge >= 0.3 is 0 Å². The van der Waals surface area contributed by atoms with Gasteiger partial charge < -0.3 is 4.90 Å². The number of nitriles is 1.